The number of rotatable bonds is 5. The molecule has 0 saturated carbocycles. The molecule has 0 amide bonds. The van der Waals surface area contributed by atoms with Crippen LogP contribution < -0.4 is 24.8 Å². The molecule has 4 heteroatoms. The Morgan fingerprint density at radius 1 is 0.952 bits per heavy atom. The second-order valence-corrected chi connectivity index (χ2v) is 11.3. The van der Waals surface area contributed by atoms with Crippen LogP contribution in [0.4, 0.5) is 0 Å². The van der Waals surface area contributed by atoms with Crippen LogP contribution in [0.15, 0.2) is 35.1 Å². The number of halogens is 2. The van der Waals surface area contributed by atoms with Gasteiger partial charge >= 0.3 is 26.2 Å². The van der Waals surface area contributed by atoms with E-state index in [0.717, 1.165) is 23.9 Å². The summed E-state index contributed by atoms with van der Waals surface area (Å²) in [6, 6.07) is 1.24. The summed E-state index contributed by atoms with van der Waals surface area (Å²) in [4.78, 5) is 0. The molecule has 0 saturated heterocycles. The van der Waals surface area contributed by atoms with Gasteiger partial charge in [0.15, 0.2) is 0 Å². The van der Waals surface area contributed by atoms with Gasteiger partial charge in [0.25, 0.3) is 0 Å². The summed E-state index contributed by atoms with van der Waals surface area (Å²) in [5, 5.41) is 1.56. The SMILES string of the molecule is CC(C)[Si](CC1=[C-]CC=C1)(C1=[C-]CC=C1)C(C)C.[Cl-].[Cl-].[Zr+4]. The van der Waals surface area contributed by atoms with E-state index in [1.807, 2.05) is 0 Å². The Labute approximate surface area is 163 Å². The molecule has 0 N–H and O–H groups in total. The van der Waals surface area contributed by atoms with E-state index in [1.54, 1.807) is 5.20 Å². The second kappa shape index (κ2) is 10.4. The first-order valence-corrected chi connectivity index (χ1v) is 9.47. The second-order valence-electron chi connectivity index (χ2n) is 6.03. The van der Waals surface area contributed by atoms with Crippen LogP contribution in [0.5, 0.6) is 0 Å². The third kappa shape index (κ3) is 5.06. The normalized spacial score (nSPS) is 16.3. The Morgan fingerprint density at radius 2 is 1.48 bits per heavy atom. The van der Waals surface area contributed by atoms with Gasteiger partial charge in [0.1, 0.15) is 0 Å². The van der Waals surface area contributed by atoms with Gasteiger partial charge in [-0.15, -0.1) is 12.8 Å². The summed E-state index contributed by atoms with van der Waals surface area (Å²) in [6.45, 7) is 9.64. The molecule has 21 heavy (non-hydrogen) atoms. The van der Waals surface area contributed by atoms with E-state index in [9.17, 15) is 0 Å². The van der Waals surface area contributed by atoms with Crippen molar-refractivity contribution in [3.05, 3.63) is 47.2 Å². The summed E-state index contributed by atoms with van der Waals surface area (Å²) in [6.07, 6.45) is 18.3. The zero-order valence-corrected chi connectivity index (χ0v) is 18.3. The summed E-state index contributed by atoms with van der Waals surface area (Å²) in [5.41, 5.74) is 2.95. The Kier molecular flexibility index (Phi) is 11.9. The Bertz CT molecular complexity index is 426. The van der Waals surface area contributed by atoms with Crippen LogP contribution in [0.3, 0.4) is 0 Å². The summed E-state index contributed by atoms with van der Waals surface area (Å²) < 4.78 is 0. The maximum absolute atomic E-state index is 3.64. The molecule has 0 atom stereocenters. The van der Waals surface area contributed by atoms with Crippen molar-refractivity contribution in [2.24, 2.45) is 0 Å². The molecule has 0 nitrogen and oxygen atoms in total. The smallest absolute Gasteiger partial charge is 1.00 e. The van der Waals surface area contributed by atoms with E-state index in [0.29, 0.717) is 0 Å². The molecule has 0 bridgehead atoms. The van der Waals surface area contributed by atoms with Crippen LogP contribution in [0.1, 0.15) is 40.5 Å². The van der Waals surface area contributed by atoms with Gasteiger partial charge < -0.3 is 24.8 Å². The predicted octanol–water partition coefficient (Wildman–Crippen LogP) is -0.821. The third-order valence-electron chi connectivity index (χ3n) is 4.51. The average Bonchev–Trinajstić information content (AvgIpc) is 2.98. The monoisotopic (exact) mass is 416 g/mol. The molecular formula is C17H24Cl2SiZr. The molecule has 114 valence electrons. The van der Waals surface area contributed by atoms with Crippen molar-refractivity contribution < 1.29 is 51.0 Å². The maximum atomic E-state index is 3.64. The molecule has 2 aliphatic rings. The van der Waals surface area contributed by atoms with Gasteiger partial charge in [-0.25, -0.2) is 22.9 Å². The van der Waals surface area contributed by atoms with Gasteiger partial charge in [-0.2, -0.15) is 12.2 Å². The van der Waals surface area contributed by atoms with E-state index in [2.05, 4.69) is 64.2 Å². The fourth-order valence-electron chi connectivity index (χ4n) is 3.40. The van der Waals surface area contributed by atoms with Gasteiger partial charge in [0.2, 0.25) is 0 Å². The molecule has 0 aromatic carbocycles. The van der Waals surface area contributed by atoms with Crippen LogP contribution in [0.25, 0.3) is 0 Å². The summed E-state index contributed by atoms with van der Waals surface area (Å²) in [5.74, 6) is 0. The fourth-order valence-corrected chi connectivity index (χ4v) is 8.72. The van der Waals surface area contributed by atoms with E-state index >= 15 is 0 Å². The Balaban J connectivity index is 0. The average molecular weight is 419 g/mol. The summed E-state index contributed by atoms with van der Waals surface area (Å²) >= 11 is 0. The molecule has 0 radical (unpaired) electrons. The zero-order chi connectivity index (χ0) is 13.2. The molecular weight excluding hydrogens is 394 g/mol. The first kappa shape index (κ1) is 23.9. The maximum Gasteiger partial charge on any atom is 4.00 e. The minimum absolute atomic E-state index is 0. The van der Waals surface area contributed by atoms with Crippen LogP contribution in [-0.4, -0.2) is 8.07 Å². The van der Waals surface area contributed by atoms with E-state index < -0.39 is 8.07 Å². The molecule has 0 aromatic rings. The first-order valence-electron chi connectivity index (χ1n) is 7.11. The molecule has 0 aliphatic heterocycles. The third-order valence-corrected chi connectivity index (χ3v) is 10.9. The molecule has 2 aliphatic carbocycles. The first-order chi connectivity index (χ1) is 8.57. The molecule has 0 spiro atoms. The van der Waals surface area contributed by atoms with Gasteiger partial charge in [0, 0.05) is 0 Å². The van der Waals surface area contributed by atoms with E-state index in [4.69, 9.17) is 0 Å². The molecule has 2 rings (SSSR count). The van der Waals surface area contributed by atoms with Gasteiger partial charge in [-0.3, -0.25) is 12.2 Å². The standard InChI is InChI=1S/C17H24Si.2ClH.Zr/c1-14(2)18(15(3)4,17-11-7-8-12-17)13-16-9-5-6-10-16;;;/h5,7,9,11,14-15H,6,8,13H2,1-4H3;2*1H;/q-2;;;+4/p-2. The molecule has 0 aromatic heterocycles. The summed E-state index contributed by atoms with van der Waals surface area (Å²) in [7, 11) is -1.51. The molecule has 0 unspecified atom stereocenters. The molecule has 0 heterocycles. The van der Waals surface area contributed by atoms with E-state index in [-0.39, 0.29) is 51.0 Å². The topological polar surface area (TPSA) is 0 Å². The van der Waals surface area contributed by atoms with Crippen LogP contribution >= 0.6 is 0 Å². The van der Waals surface area contributed by atoms with E-state index in [1.165, 1.54) is 11.6 Å². The van der Waals surface area contributed by atoms with Crippen LogP contribution in [0, 0.1) is 12.2 Å². The zero-order valence-electron chi connectivity index (χ0n) is 13.3. The van der Waals surface area contributed by atoms with Crippen molar-refractivity contribution in [3.63, 3.8) is 0 Å². The van der Waals surface area contributed by atoms with Crippen molar-refractivity contribution in [2.45, 2.75) is 57.7 Å². The predicted molar refractivity (Wildman–Crippen MR) is 81.8 cm³/mol. The van der Waals surface area contributed by atoms with Crippen LogP contribution in [-0.2, 0) is 26.2 Å². The van der Waals surface area contributed by atoms with Crippen molar-refractivity contribution in [3.8, 4) is 0 Å². The minimum Gasteiger partial charge on any atom is -1.00 e. The van der Waals surface area contributed by atoms with Crippen molar-refractivity contribution in [2.75, 3.05) is 0 Å². The van der Waals surface area contributed by atoms with Crippen molar-refractivity contribution >= 4 is 8.07 Å². The minimum atomic E-state index is -1.51. The Hall–Kier alpha value is 0.640. The quantitative estimate of drug-likeness (QED) is 0.404. The van der Waals surface area contributed by atoms with Gasteiger partial charge in [0.05, 0.1) is 8.07 Å². The van der Waals surface area contributed by atoms with Gasteiger partial charge in [-0.1, -0.05) is 33.7 Å². The van der Waals surface area contributed by atoms with Crippen LogP contribution in [0.2, 0.25) is 17.1 Å². The fraction of sp³-hybridized carbons (Fsp3) is 0.529. The molecule has 0 fully saturated rings. The number of hydrogen-bond acceptors (Lipinski definition) is 0. The largest absolute Gasteiger partial charge is 4.00 e. The Morgan fingerprint density at radius 3 is 1.86 bits per heavy atom. The van der Waals surface area contributed by atoms with Crippen molar-refractivity contribution in [1.82, 2.24) is 0 Å². The number of hydrogen-bond donors (Lipinski definition) is 0. The van der Waals surface area contributed by atoms with Gasteiger partial charge in [-0.05, 0) is 11.1 Å². The number of allylic oxidation sites excluding steroid dienone is 8. The van der Waals surface area contributed by atoms with Crippen molar-refractivity contribution in [1.29, 1.82) is 0 Å².